The number of para-hydroxylation sites is 1. The molecule has 9 amide bonds. The number of ketones is 2. The van der Waals surface area contributed by atoms with Gasteiger partial charge in [-0.2, -0.15) is 0 Å². The Bertz CT molecular complexity index is 3360. The maximum atomic E-state index is 15.0. The number of hydrogen-bond donors (Lipinski definition) is 14. The van der Waals surface area contributed by atoms with Crippen molar-refractivity contribution in [3.05, 3.63) is 114 Å². The molecule has 1 unspecified atom stereocenters. The normalized spacial score (nSPS) is 22.5. The lowest BCUT2D eigenvalue weighted by molar-refractivity contribution is -0.138. The highest BCUT2D eigenvalue weighted by molar-refractivity contribution is 6.00. The largest absolute Gasteiger partial charge is 0.508 e. The molecular formula is C74H110N12O13. The first kappa shape index (κ1) is 82.6. The van der Waals surface area contributed by atoms with Crippen LogP contribution in [-0.2, 0) is 72.0 Å². The molecule has 0 spiro atoms. The monoisotopic (exact) mass is 1370 g/mol. The highest BCUT2D eigenvalue weighted by atomic mass is 16.3. The van der Waals surface area contributed by atoms with Gasteiger partial charge in [0, 0.05) is 55.6 Å². The Labute approximate surface area is 582 Å². The first-order valence-electron chi connectivity index (χ1n) is 34.7. The number of aliphatic hydroxyl groups excluding tert-OH is 1. The molecule has 1 aliphatic heterocycles. The molecule has 0 fully saturated rings. The number of primary amides is 1. The van der Waals surface area contributed by atoms with Crippen LogP contribution in [0.1, 0.15) is 169 Å². The number of allylic oxidation sites excluding steroid dienone is 2. The molecule has 0 radical (unpaired) electrons. The summed E-state index contributed by atoms with van der Waals surface area (Å²) in [6.45, 7) is 16.0. The van der Waals surface area contributed by atoms with Crippen molar-refractivity contribution in [1.82, 2.24) is 52.8 Å². The van der Waals surface area contributed by atoms with Crippen molar-refractivity contribution in [2.45, 2.75) is 231 Å². The molecule has 544 valence electrons. The Morgan fingerprint density at radius 2 is 1.30 bits per heavy atom. The number of phenols is 1. The minimum atomic E-state index is -1.77. The number of aromatic hydroxyl groups is 1. The maximum Gasteiger partial charge on any atom is 0.246 e. The van der Waals surface area contributed by atoms with Gasteiger partial charge in [0.15, 0.2) is 11.6 Å². The molecule has 1 aromatic heterocycles. The summed E-state index contributed by atoms with van der Waals surface area (Å²) in [4.78, 5) is 159. The smallest absolute Gasteiger partial charge is 0.246 e. The van der Waals surface area contributed by atoms with Crippen LogP contribution in [0.5, 0.6) is 5.75 Å². The third-order valence-electron chi connectivity index (χ3n) is 17.7. The number of aromatic amines is 1. The third kappa shape index (κ3) is 27.4. The Kier molecular flexibility index (Phi) is 34.2. The first-order chi connectivity index (χ1) is 46.9. The zero-order chi connectivity index (χ0) is 73.6. The molecule has 1 aliphatic rings. The lowest BCUT2D eigenvalue weighted by atomic mass is 9.85. The number of carbonyl (C=O) groups excluding carboxylic acids is 11. The maximum absolute atomic E-state index is 15.0. The van der Waals surface area contributed by atoms with Crippen molar-refractivity contribution in [2.24, 2.45) is 29.2 Å². The van der Waals surface area contributed by atoms with E-state index in [9.17, 15) is 53.4 Å². The van der Waals surface area contributed by atoms with Gasteiger partial charge in [-0.05, 0) is 146 Å². The second-order valence-corrected chi connectivity index (χ2v) is 27.3. The van der Waals surface area contributed by atoms with Crippen molar-refractivity contribution < 1.29 is 63.0 Å². The van der Waals surface area contributed by atoms with E-state index in [0.29, 0.717) is 61.6 Å². The number of aliphatic hydroxyl groups is 1. The summed E-state index contributed by atoms with van der Waals surface area (Å²) < 4.78 is 0. The Morgan fingerprint density at radius 3 is 1.94 bits per heavy atom. The molecular weight excluding hydrogens is 1260 g/mol. The van der Waals surface area contributed by atoms with E-state index >= 15 is 9.59 Å². The van der Waals surface area contributed by atoms with Crippen LogP contribution in [0.2, 0.25) is 0 Å². The van der Waals surface area contributed by atoms with Gasteiger partial charge in [0.1, 0.15) is 41.5 Å². The SMILES string of the molecule is CC(=O)N[C@@H](CC(C)C)C(=O)N[C@H](C(=O)N[C@@H](Cc1ccccc1)C(=O)N[C@]1(C)CCCCCC/C=C/CCC[C@@](C)(C(=O)CN[C@H](C)C(N)=O)NC(=O)[C@H](CC(C)C)CCC(=O)[C@H](Cc2c[nH]c3ccccc23)NC(=O)[C@H](Cc2ccc(O)cc2)NC(=O)C(C)NC1=O)[C@@H](C)O.CN. The molecule has 25 heteroatoms. The zero-order valence-electron chi connectivity index (χ0n) is 59.6. The first-order valence-corrected chi connectivity index (χ1v) is 34.7. The lowest BCUT2D eigenvalue weighted by Gasteiger charge is -2.33. The average molecular weight is 1380 g/mol. The highest BCUT2D eigenvalue weighted by Gasteiger charge is 2.41. The fourth-order valence-corrected chi connectivity index (χ4v) is 11.9. The van der Waals surface area contributed by atoms with Gasteiger partial charge in [0.2, 0.25) is 53.2 Å². The van der Waals surface area contributed by atoms with Crippen LogP contribution in [0.4, 0.5) is 0 Å². The molecule has 16 N–H and O–H groups in total. The van der Waals surface area contributed by atoms with E-state index in [1.54, 1.807) is 62.5 Å². The predicted molar refractivity (Wildman–Crippen MR) is 381 cm³/mol. The second kappa shape index (κ2) is 40.9. The number of phenolic OH excluding ortho intramolecular Hbond substituents is 1. The van der Waals surface area contributed by atoms with Gasteiger partial charge in [0.25, 0.3) is 0 Å². The average Bonchev–Trinajstić information content (AvgIpc) is 1.81. The van der Waals surface area contributed by atoms with E-state index in [4.69, 9.17) is 5.73 Å². The van der Waals surface area contributed by atoms with E-state index in [0.717, 1.165) is 17.3 Å². The molecule has 0 saturated carbocycles. The topological polar surface area (TPSA) is 404 Å². The molecule has 11 atom stereocenters. The number of Topliss-reactive ketones (excluding diaryl/α,β-unsaturated/α-hetero) is 2. The van der Waals surface area contributed by atoms with Crippen LogP contribution in [-0.4, -0.2) is 153 Å². The van der Waals surface area contributed by atoms with Gasteiger partial charge < -0.3 is 69.2 Å². The minimum absolute atomic E-state index is 0.00357. The van der Waals surface area contributed by atoms with Crippen LogP contribution in [0.25, 0.3) is 10.9 Å². The Morgan fingerprint density at radius 1 is 0.667 bits per heavy atom. The van der Waals surface area contributed by atoms with E-state index < -0.39 is 124 Å². The van der Waals surface area contributed by atoms with Gasteiger partial charge in [-0.3, -0.25) is 58.1 Å². The Hall–Kier alpha value is -8.81. The molecule has 25 nitrogen and oxygen atoms in total. The van der Waals surface area contributed by atoms with Crippen molar-refractivity contribution in [2.75, 3.05) is 13.6 Å². The van der Waals surface area contributed by atoms with Crippen molar-refractivity contribution in [1.29, 1.82) is 0 Å². The number of nitrogens with two attached hydrogens (primary N) is 2. The van der Waals surface area contributed by atoms with Gasteiger partial charge in [-0.1, -0.05) is 120 Å². The Balaban J connectivity index is 0.0000103. The second-order valence-electron chi connectivity index (χ2n) is 27.3. The van der Waals surface area contributed by atoms with Crippen LogP contribution in [0.3, 0.4) is 0 Å². The van der Waals surface area contributed by atoms with E-state index in [1.165, 1.54) is 46.9 Å². The van der Waals surface area contributed by atoms with Gasteiger partial charge in [0.05, 0.1) is 30.3 Å². The predicted octanol–water partition coefficient (Wildman–Crippen LogP) is 4.73. The highest BCUT2D eigenvalue weighted by Crippen LogP contribution is 2.26. The zero-order valence-corrected chi connectivity index (χ0v) is 59.6. The molecule has 0 bridgehead atoms. The standard InChI is InChI=1S/C73H105N11O13.CH5N/c1-44(2)37-52-31-34-61(88)57(41-53-42-76-56-28-22-21-27-55(53)56)79-67(93)59(40-51-29-32-54(87)33-30-51)80-65(91)47(6)77-71(97)73(10,36-24-17-15-13-11-12-14-16-23-35-72(9,83-66(52)92)62(89)43-75-46(5)64(74)90)84-69(95)60(39-50-25-19-18-20-26-50)81-70(96)63(48(7)85)82-68(94)58(38-45(3)4)78-49(8)86;1-2/h12,14,18-22,25-30,32-33,42,44-48,52,57-60,63,75-76,85,87H,11,13,15-17,23-24,31,34-41,43H2,1-10H3,(H2,74,90)(H,77,97)(H,78,86)(H,79,93)(H,80,91)(H,81,96)(H,82,94)(H,83,92)(H,84,95);2H2,1H3/b14-12+;/t46-,47?,48-,52+,57+,58+,59+,60+,63+,72+,73-;/m1./s1. The molecule has 3 aromatic carbocycles. The number of nitrogens with one attached hydrogen (secondary N) is 10. The van der Waals surface area contributed by atoms with E-state index in [-0.39, 0.29) is 81.3 Å². The number of hydrogen-bond acceptors (Lipinski definition) is 15. The molecule has 0 saturated heterocycles. The summed E-state index contributed by atoms with van der Waals surface area (Å²) in [5.41, 5.74) is 9.45. The molecule has 0 aliphatic carbocycles. The van der Waals surface area contributed by atoms with Gasteiger partial charge in [-0.25, -0.2) is 0 Å². The number of H-pyrrole nitrogens is 1. The molecule has 5 rings (SSSR count). The van der Waals surface area contributed by atoms with Crippen LogP contribution in [0.15, 0.2) is 97.2 Å². The van der Waals surface area contributed by atoms with Gasteiger partial charge >= 0.3 is 0 Å². The summed E-state index contributed by atoms with van der Waals surface area (Å²) in [7, 11) is 1.50. The molecule has 99 heavy (non-hydrogen) atoms. The van der Waals surface area contributed by atoms with Crippen molar-refractivity contribution >= 4 is 75.6 Å². The number of aromatic nitrogens is 1. The summed E-state index contributed by atoms with van der Waals surface area (Å²) in [5, 5.41) is 47.2. The quantitative estimate of drug-likeness (QED) is 0.0447. The molecule has 2 heterocycles. The minimum Gasteiger partial charge on any atom is -0.508 e. The summed E-state index contributed by atoms with van der Waals surface area (Å²) in [6, 6.07) is 13.3. The van der Waals surface area contributed by atoms with Crippen molar-refractivity contribution in [3.63, 3.8) is 0 Å². The summed E-state index contributed by atoms with van der Waals surface area (Å²) >= 11 is 0. The summed E-state index contributed by atoms with van der Waals surface area (Å²) in [6.07, 6.45) is 8.96. The fourth-order valence-electron chi connectivity index (χ4n) is 11.9. The van der Waals surface area contributed by atoms with E-state index in [2.05, 4.69) is 58.6 Å². The van der Waals surface area contributed by atoms with Crippen LogP contribution < -0.4 is 59.3 Å². The summed E-state index contributed by atoms with van der Waals surface area (Å²) in [5.74, 6) is -8.06. The number of rotatable bonds is 23. The van der Waals surface area contributed by atoms with Crippen LogP contribution in [0, 0.1) is 17.8 Å². The number of amides is 9. The van der Waals surface area contributed by atoms with Gasteiger partial charge in [-0.15, -0.1) is 0 Å². The number of fused-ring (bicyclic) bond motifs is 1. The third-order valence-corrected chi connectivity index (χ3v) is 17.7. The van der Waals surface area contributed by atoms with Crippen molar-refractivity contribution in [3.8, 4) is 5.75 Å². The van der Waals surface area contributed by atoms with E-state index in [1.807, 2.05) is 64.1 Å². The lowest BCUT2D eigenvalue weighted by Crippen LogP contribution is -2.64. The number of carbonyl (C=O) groups is 11. The van der Waals surface area contributed by atoms with Crippen LogP contribution >= 0.6 is 0 Å². The molecule has 4 aromatic rings. The fraction of sp³-hybridized carbons (Fsp3) is 0.554. The number of benzene rings is 3.